The summed E-state index contributed by atoms with van der Waals surface area (Å²) in [4.78, 5) is 17.7. The van der Waals surface area contributed by atoms with Gasteiger partial charge in [0, 0.05) is 26.2 Å². The van der Waals surface area contributed by atoms with Crippen molar-refractivity contribution < 1.29 is 14.3 Å². The van der Waals surface area contributed by atoms with E-state index in [0.29, 0.717) is 24.5 Å². The van der Waals surface area contributed by atoms with E-state index in [-0.39, 0.29) is 12.0 Å². The van der Waals surface area contributed by atoms with Crippen LogP contribution in [-0.4, -0.2) is 61.1 Å². The van der Waals surface area contributed by atoms with Gasteiger partial charge in [0.25, 0.3) is 5.91 Å². The molecule has 28 heavy (non-hydrogen) atoms. The molecule has 148 valence electrons. The molecule has 0 bridgehead atoms. The number of hydrogen-bond donors (Lipinski definition) is 0. The largest absolute Gasteiger partial charge is 0.457 e. The first-order valence-electron chi connectivity index (χ1n) is 10.2. The van der Waals surface area contributed by atoms with E-state index in [2.05, 4.69) is 4.90 Å². The molecule has 4 rings (SSSR count). The number of nitrogens with zero attached hydrogens (tertiary/aromatic N) is 2. The third-order valence-electron chi connectivity index (χ3n) is 5.39. The molecule has 2 heterocycles. The lowest BCUT2D eigenvalue weighted by Crippen LogP contribution is -2.42. The summed E-state index contributed by atoms with van der Waals surface area (Å²) in [5, 5.41) is 0. The molecule has 1 amide bonds. The van der Waals surface area contributed by atoms with Crippen molar-refractivity contribution in [3.8, 4) is 11.5 Å². The van der Waals surface area contributed by atoms with Crippen LogP contribution in [0.15, 0.2) is 54.6 Å². The lowest BCUT2D eigenvalue weighted by molar-refractivity contribution is 0.0297. The third kappa shape index (κ3) is 4.72. The second-order valence-electron chi connectivity index (χ2n) is 7.52. The Labute approximate surface area is 166 Å². The number of benzene rings is 2. The second-order valence-corrected chi connectivity index (χ2v) is 7.52. The maximum Gasteiger partial charge on any atom is 0.257 e. The van der Waals surface area contributed by atoms with Gasteiger partial charge in [-0.3, -0.25) is 4.79 Å². The van der Waals surface area contributed by atoms with Crippen molar-refractivity contribution in [3.63, 3.8) is 0 Å². The quantitative estimate of drug-likeness (QED) is 0.791. The van der Waals surface area contributed by atoms with Crippen LogP contribution in [0.2, 0.25) is 0 Å². The van der Waals surface area contributed by atoms with Gasteiger partial charge in [-0.1, -0.05) is 30.3 Å². The molecule has 0 N–H and O–H groups in total. The fourth-order valence-electron chi connectivity index (χ4n) is 3.96. The molecule has 2 aromatic rings. The van der Waals surface area contributed by atoms with Gasteiger partial charge in [0.1, 0.15) is 11.5 Å². The van der Waals surface area contributed by atoms with Gasteiger partial charge in [-0.2, -0.15) is 0 Å². The Morgan fingerprint density at radius 2 is 1.71 bits per heavy atom. The molecule has 2 aliphatic heterocycles. The fourth-order valence-corrected chi connectivity index (χ4v) is 3.96. The fraction of sp³-hybridized carbons (Fsp3) is 0.435. The number of likely N-dealkylation sites (tertiary alicyclic amines) is 1. The molecule has 5 nitrogen and oxygen atoms in total. The van der Waals surface area contributed by atoms with E-state index in [0.717, 1.165) is 38.3 Å². The monoisotopic (exact) mass is 380 g/mol. The van der Waals surface area contributed by atoms with Crippen LogP contribution in [-0.2, 0) is 4.74 Å². The molecule has 2 saturated heterocycles. The lowest BCUT2D eigenvalue weighted by atomic mass is 10.1. The number of hydrogen-bond acceptors (Lipinski definition) is 4. The van der Waals surface area contributed by atoms with Gasteiger partial charge in [0.15, 0.2) is 0 Å². The summed E-state index contributed by atoms with van der Waals surface area (Å²) in [6.45, 7) is 5.25. The van der Waals surface area contributed by atoms with E-state index in [9.17, 15) is 4.79 Å². The minimum absolute atomic E-state index is 0.0171. The standard InChI is InChI=1S/C23H28N2O3/c26-23(21-11-4-5-12-22(21)28-19-9-2-1-3-10-19)25-15-8-16-27-20(18-25)17-24-13-6-7-14-24/h1-5,9-12,20H,6-8,13-18H2/t20-/m1/s1. The molecule has 2 aromatic carbocycles. The molecule has 0 aromatic heterocycles. The zero-order valence-corrected chi connectivity index (χ0v) is 16.3. The molecular weight excluding hydrogens is 352 g/mol. The van der Waals surface area contributed by atoms with E-state index < -0.39 is 0 Å². The van der Waals surface area contributed by atoms with Crippen LogP contribution in [0, 0.1) is 0 Å². The van der Waals surface area contributed by atoms with Crippen molar-refractivity contribution in [2.75, 3.05) is 39.3 Å². The number of carbonyl (C=O) groups is 1. The first-order chi connectivity index (χ1) is 13.8. The van der Waals surface area contributed by atoms with Crippen molar-refractivity contribution in [2.24, 2.45) is 0 Å². The third-order valence-corrected chi connectivity index (χ3v) is 5.39. The topological polar surface area (TPSA) is 42.0 Å². The zero-order valence-electron chi connectivity index (χ0n) is 16.3. The SMILES string of the molecule is O=C(c1ccccc1Oc1ccccc1)N1CCCO[C@H](CN2CCCC2)C1. The summed E-state index contributed by atoms with van der Waals surface area (Å²) in [6, 6.07) is 17.1. The highest BCUT2D eigenvalue weighted by atomic mass is 16.5. The van der Waals surface area contributed by atoms with E-state index in [1.54, 1.807) is 0 Å². The first kappa shape index (κ1) is 19.0. The maximum atomic E-state index is 13.3. The predicted octanol–water partition coefficient (Wildman–Crippen LogP) is 3.81. The number of para-hydroxylation sites is 2. The van der Waals surface area contributed by atoms with Gasteiger partial charge in [0.2, 0.25) is 0 Å². The summed E-state index contributed by atoms with van der Waals surface area (Å²) >= 11 is 0. The molecule has 0 spiro atoms. The van der Waals surface area contributed by atoms with Crippen LogP contribution in [0.5, 0.6) is 11.5 Å². The summed E-state index contributed by atoms with van der Waals surface area (Å²) in [5.41, 5.74) is 0.605. The highest BCUT2D eigenvalue weighted by Gasteiger charge is 2.27. The van der Waals surface area contributed by atoms with Gasteiger partial charge in [-0.05, 0) is 56.6 Å². The highest BCUT2D eigenvalue weighted by molar-refractivity contribution is 5.97. The Morgan fingerprint density at radius 3 is 2.54 bits per heavy atom. The lowest BCUT2D eigenvalue weighted by Gasteiger charge is -2.27. The minimum Gasteiger partial charge on any atom is -0.457 e. The van der Waals surface area contributed by atoms with Crippen LogP contribution in [0.1, 0.15) is 29.6 Å². The summed E-state index contributed by atoms with van der Waals surface area (Å²) in [5.74, 6) is 1.34. The molecule has 2 fully saturated rings. The maximum absolute atomic E-state index is 13.3. The van der Waals surface area contributed by atoms with Gasteiger partial charge in [-0.15, -0.1) is 0 Å². The van der Waals surface area contributed by atoms with Crippen molar-refractivity contribution in [2.45, 2.75) is 25.4 Å². The summed E-state index contributed by atoms with van der Waals surface area (Å²) in [7, 11) is 0. The number of amides is 1. The molecule has 1 atom stereocenters. The Balaban J connectivity index is 1.48. The molecular formula is C23H28N2O3. The van der Waals surface area contributed by atoms with Crippen molar-refractivity contribution in [1.29, 1.82) is 0 Å². The number of carbonyl (C=O) groups excluding carboxylic acids is 1. The molecule has 2 aliphatic rings. The zero-order chi connectivity index (χ0) is 19.2. The Bertz CT molecular complexity index is 774. The highest BCUT2D eigenvalue weighted by Crippen LogP contribution is 2.26. The van der Waals surface area contributed by atoms with Crippen LogP contribution in [0.25, 0.3) is 0 Å². The Kier molecular flexibility index (Phi) is 6.24. The van der Waals surface area contributed by atoms with Gasteiger partial charge >= 0.3 is 0 Å². The second kappa shape index (κ2) is 9.22. The molecule has 0 radical (unpaired) electrons. The van der Waals surface area contributed by atoms with Crippen molar-refractivity contribution in [1.82, 2.24) is 9.80 Å². The Hall–Kier alpha value is -2.37. The van der Waals surface area contributed by atoms with Gasteiger partial charge < -0.3 is 19.3 Å². The Morgan fingerprint density at radius 1 is 0.964 bits per heavy atom. The smallest absolute Gasteiger partial charge is 0.257 e. The molecule has 0 saturated carbocycles. The van der Waals surface area contributed by atoms with E-state index in [1.807, 2.05) is 59.5 Å². The van der Waals surface area contributed by atoms with E-state index in [4.69, 9.17) is 9.47 Å². The summed E-state index contributed by atoms with van der Waals surface area (Å²) in [6.07, 6.45) is 3.47. The average molecular weight is 380 g/mol. The predicted molar refractivity (Wildman–Crippen MR) is 109 cm³/mol. The van der Waals surface area contributed by atoms with Crippen LogP contribution < -0.4 is 4.74 Å². The molecule has 0 unspecified atom stereocenters. The minimum atomic E-state index is 0.0171. The normalized spacial score (nSPS) is 20.7. The number of rotatable bonds is 5. The van der Waals surface area contributed by atoms with Crippen LogP contribution in [0.3, 0.4) is 0 Å². The van der Waals surface area contributed by atoms with Gasteiger partial charge in [0.05, 0.1) is 11.7 Å². The van der Waals surface area contributed by atoms with Crippen molar-refractivity contribution >= 4 is 5.91 Å². The summed E-state index contributed by atoms with van der Waals surface area (Å²) < 4.78 is 12.0. The average Bonchev–Trinajstić information content (AvgIpc) is 3.12. The molecule has 5 heteroatoms. The number of ether oxygens (including phenoxy) is 2. The van der Waals surface area contributed by atoms with E-state index >= 15 is 0 Å². The van der Waals surface area contributed by atoms with Gasteiger partial charge in [-0.25, -0.2) is 0 Å². The van der Waals surface area contributed by atoms with Crippen LogP contribution in [0.4, 0.5) is 0 Å². The van der Waals surface area contributed by atoms with E-state index in [1.165, 1.54) is 12.8 Å². The molecule has 0 aliphatic carbocycles. The van der Waals surface area contributed by atoms with Crippen molar-refractivity contribution in [3.05, 3.63) is 60.2 Å². The van der Waals surface area contributed by atoms with Crippen LogP contribution >= 0.6 is 0 Å². The first-order valence-corrected chi connectivity index (χ1v) is 10.2.